The summed E-state index contributed by atoms with van der Waals surface area (Å²) < 4.78 is 28.7. The van der Waals surface area contributed by atoms with E-state index in [1.54, 1.807) is 16.8 Å². The number of rotatable bonds is 7. The van der Waals surface area contributed by atoms with Crippen LogP contribution in [0.15, 0.2) is 17.6 Å². The third-order valence-electron chi connectivity index (χ3n) is 7.10. The molecule has 4 rings (SSSR count). The van der Waals surface area contributed by atoms with Crippen molar-refractivity contribution in [2.75, 3.05) is 56.5 Å². The van der Waals surface area contributed by atoms with Crippen molar-refractivity contribution in [1.82, 2.24) is 20.1 Å². The second-order valence-corrected chi connectivity index (χ2v) is 9.46. The summed E-state index contributed by atoms with van der Waals surface area (Å²) in [5.41, 5.74) is 6.16. The predicted octanol–water partition coefficient (Wildman–Crippen LogP) is 0.475. The van der Waals surface area contributed by atoms with Crippen LogP contribution in [0.25, 0.3) is 0 Å². The number of piperidine rings is 1. The van der Waals surface area contributed by atoms with Crippen LogP contribution in [0, 0.1) is 22.6 Å². The van der Waals surface area contributed by atoms with Crippen LogP contribution in [0.3, 0.4) is 0 Å². The van der Waals surface area contributed by atoms with Gasteiger partial charge in [-0.25, -0.2) is 8.78 Å². The number of carbonyl (C=O) groups is 2. The highest BCUT2D eigenvalue weighted by molar-refractivity contribution is 5.96. The molecular formula is C22H32F2N8O3. The molecule has 0 aromatic carbocycles. The topological polar surface area (TPSA) is 136 Å². The molecule has 0 radical (unpaired) electrons. The van der Waals surface area contributed by atoms with Crippen molar-refractivity contribution in [3.63, 3.8) is 0 Å². The van der Waals surface area contributed by atoms with Crippen LogP contribution < -0.4 is 21.3 Å². The first-order valence-electron chi connectivity index (χ1n) is 11.9. The van der Waals surface area contributed by atoms with Crippen LogP contribution in [0.2, 0.25) is 0 Å². The van der Waals surface area contributed by atoms with Crippen LogP contribution >= 0.6 is 0 Å². The minimum atomic E-state index is -1.40. The summed E-state index contributed by atoms with van der Waals surface area (Å²) in [7, 11) is 1.61. The fraction of sp³-hybridized carbons (Fsp3) is 0.682. The molecule has 1 aromatic rings. The van der Waals surface area contributed by atoms with E-state index in [1.165, 1.54) is 6.20 Å². The second kappa shape index (κ2) is 10.9. The lowest BCUT2D eigenvalue weighted by Gasteiger charge is -2.40. The number of nitrogens with two attached hydrogens (primary N) is 1. The summed E-state index contributed by atoms with van der Waals surface area (Å²) >= 11 is 0. The molecule has 11 nitrogen and oxygen atoms in total. The molecule has 3 saturated heterocycles. The molecule has 0 aliphatic carbocycles. The summed E-state index contributed by atoms with van der Waals surface area (Å²) in [5.74, 6) is -2.37. The monoisotopic (exact) mass is 494 g/mol. The maximum Gasteiger partial charge on any atom is 0.234 e. The van der Waals surface area contributed by atoms with Gasteiger partial charge in [0.05, 0.1) is 24.2 Å². The molecule has 2 amide bonds. The molecule has 0 saturated carbocycles. The van der Waals surface area contributed by atoms with Gasteiger partial charge in [-0.2, -0.15) is 0 Å². The number of carbonyl (C=O) groups excluding carboxylic acids is 2. The van der Waals surface area contributed by atoms with E-state index < -0.39 is 36.1 Å². The highest BCUT2D eigenvalue weighted by Gasteiger charge is 2.40. The molecule has 3 aliphatic rings. The van der Waals surface area contributed by atoms with Gasteiger partial charge in [0.15, 0.2) is 12.0 Å². The first-order chi connectivity index (χ1) is 16.8. The average molecular weight is 495 g/mol. The SMILES string of the molecule is CN1CC(F)CNC1C(C(=O)Nc1cncc(F)c1N1CCC(C(=O)N2CCC2)CC1)C(N)N=O. The quantitative estimate of drug-likeness (QED) is 0.466. The van der Waals surface area contributed by atoms with E-state index in [2.05, 4.69) is 20.8 Å². The lowest BCUT2D eigenvalue weighted by atomic mass is 9.93. The van der Waals surface area contributed by atoms with Crippen molar-refractivity contribution < 1.29 is 18.4 Å². The number of nitrogens with zero attached hydrogens (tertiary/aromatic N) is 5. The Labute approximate surface area is 202 Å². The van der Waals surface area contributed by atoms with Crippen molar-refractivity contribution in [3.8, 4) is 0 Å². The molecule has 1 aromatic heterocycles. The van der Waals surface area contributed by atoms with Gasteiger partial charge >= 0.3 is 0 Å². The summed E-state index contributed by atoms with van der Waals surface area (Å²) in [6.07, 6.45) is 1.32. The smallest absolute Gasteiger partial charge is 0.234 e. The van der Waals surface area contributed by atoms with Gasteiger partial charge < -0.3 is 20.9 Å². The highest BCUT2D eigenvalue weighted by Crippen LogP contribution is 2.33. The van der Waals surface area contributed by atoms with E-state index in [9.17, 15) is 23.3 Å². The number of nitroso groups, excluding NO2 is 1. The van der Waals surface area contributed by atoms with E-state index in [1.807, 2.05) is 4.90 Å². The Bertz CT molecular complexity index is 941. The van der Waals surface area contributed by atoms with E-state index in [0.717, 1.165) is 25.7 Å². The molecule has 0 spiro atoms. The Morgan fingerprint density at radius 1 is 1.26 bits per heavy atom. The largest absolute Gasteiger partial charge is 0.367 e. The molecule has 3 aliphatic heterocycles. The van der Waals surface area contributed by atoms with Gasteiger partial charge in [-0.15, -0.1) is 4.91 Å². The average Bonchev–Trinajstić information content (AvgIpc) is 2.79. The maximum atomic E-state index is 14.9. The predicted molar refractivity (Wildman–Crippen MR) is 126 cm³/mol. The number of hydrogen-bond donors (Lipinski definition) is 3. The number of amides is 2. The van der Waals surface area contributed by atoms with Crippen molar-refractivity contribution in [3.05, 3.63) is 23.1 Å². The van der Waals surface area contributed by atoms with E-state index >= 15 is 0 Å². The van der Waals surface area contributed by atoms with Crippen molar-refractivity contribution in [2.24, 2.45) is 22.7 Å². The zero-order chi connectivity index (χ0) is 25.1. The van der Waals surface area contributed by atoms with Gasteiger partial charge in [-0.3, -0.25) is 24.8 Å². The number of likely N-dealkylation sites (tertiary alicyclic amines) is 1. The van der Waals surface area contributed by atoms with Gasteiger partial charge in [0, 0.05) is 45.2 Å². The zero-order valence-corrected chi connectivity index (χ0v) is 19.7. The Morgan fingerprint density at radius 3 is 2.57 bits per heavy atom. The molecule has 35 heavy (non-hydrogen) atoms. The molecule has 0 bridgehead atoms. The molecule has 4 N–H and O–H groups in total. The van der Waals surface area contributed by atoms with Gasteiger partial charge in [0.1, 0.15) is 17.8 Å². The number of nitrogens with one attached hydrogen (secondary N) is 2. The third-order valence-corrected chi connectivity index (χ3v) is 7.10. The Morgan fingerprint density at radius 2 is 1.97 bits per heavy atom. The lowest BCUT2D eigenvalue weighted by Crippen LogP contribution is -2.62. The molecule has 4 unspecified atom stereocenters. The molecule has 4 heterocycles. The van der Waals surface area contributed by atoms with Crippen LogP contribution in [0.1, 0.15) is 19.3 Å². The highest BCUT2D eigenvalue weighted by atomic mass is 19.1. The summed E-state index contributed by atoms with van der Waals surface area (Å²) in [5, 5.41) is 8.40. The Balaban J connectivity index is 1.49. The Hall–Kier alpha value is -2.77. The summed E-state index contributed by atoms with van der Waals surface area (Å²) in [4.78, 5) is 46.2. The van der Waals surface area contributed by atoms with Crippen molar-refractivity contribution >= 4 is 23.2 Å². The van der Waals surface area contributed by atoms with Crippen LogP contribution in [-0.2, 0) is 9.59 Å². The number of pyridine rings is 1. The minimum absolute atomic E-state index is 0.00221. The molecule has 13 heteroatoms. The summed E-state index contributed by atoms with van der Waals surface area (Å²) in [6.45, 7) is 2.54. The molecule has 4 atom stereocenters. The number of aromatic nitrogens is 1. The van der Waals surface area contributed by atoms with Gasteiger partial charge in [-0.1, -0.05) is 5.18 Å². The fourth-order valence-corrected chi connectivity index (χ4v) is 5.05. The molecule has 192 valence electrons. The van der Waals surface area contributed by atoms with Crippen LogP contribution in [0.4, 0.5) is 20.2 Å². The second-order valence-electron chi connectivity index (χ2n) is 9.46. The lowest BCUT2D eigenvalue weighted by molar-refractivity contribution is -0.139. The molecular weight excluding hydrogens is 462 g/mol. The minimum Gasteiger partial charge on any atom is -0.367 e. The standard InChI is InChI=1S/C22H32F2N8O3/c1-30-12-14(23)9-27-20(30)17(19(25)29-35)21(33)28-16-11-26-10-15(24)18(16)31-7-3-13(4-8-31)22(34)32-5-2-6-32/h10-11,13-14,17,19-20,27H,2-9,12,25H2,1H3,(H,28,33). The normalized spacial score (nSPS) is 25.5. The van der Waals surface area contributed by atoms with Gasteiger partial charge in [0.2, 0.25) is 11.8 Å². The maximum absolute atomic E-state index is 14.9. The first-order valence-corrected chi connectivity index (χ1v) is 11.9. The van der Waals surface area contributed by atoms with Gasteiger partial charge in [-0.05, 0) is 26.3 Å². The van der Waals surface area contributed by atoms with Crippen molar-refractivity contribution in [1.29, 1.82) is 0 Å². The third kappa shape index (κ3) is 5.41. The zero-order valence-electron chi connectivity index (χ0n) is 19.7. The fourth-order valence-electron chi connectivity index (χ4n) is 5.05. The molecule has 3 fully saturated rings. The van der Waals surface area contributed by atoms with Crippen molar-refractivity contribution in [2.45, 2.75) is 37.8 Å². The van der Waals surface area contributed by atoms with E-state index in [4.69, 9.17) is 5.73 Å². The number of hydrogen-bond acceptors (Lipinski definition) is 9. The number of alkyl halides is 1. The van der Waals surface area contributed by atoms with E-state index in [0.29, 0.717) is 25.9 Å². The van der Waals surface area contributed by atoms with Gasteiger partial charge in [0.25, 0.3) is 0 Å². The summed E-state index contributed by atoms with van der Waals surface area (Å²) in [6, 6.07) is 0. The van der Waals surface area contributed by atoms with Crippen LogP contribution in [0.5, 0.6) is 0 Å². The number of anilines is 2. The number of halogens is 2. The Kier molecular flexibility index (Phi) is 7.87. The first kappa shape index (κ1) is 25.3. The van der Waals surface area contributed by atoms with E-state index in [-0.39, 0.29) is 36.3 Å². The van der Waals surface area contributed by atoms with Crippen LogP contribution in [-0.4, -0.2) is 91.4 Å².